The monoisotopic (exact) mass is 254 g/mol. The fraction of sp³-hybridized carbons (Fsp3) is 0.750. The summed E-state index contributed by atoms with van der Waals surface area (Å²) in [5.74, 6) is -1.54. The molecule has 4 atom stereocenters. The van der Waals surface area contributed by atoms with E-state index < -0.39 is 24.0 Å². The second kappa shape index (κ2) is 5.48. The molecule has 100 valence electrons. The van der Waals surface area contributed by atoms with Gasteiger partial charge in [-0.3, -0.25) is 9.79 Å². The van der Waals surface area contributed by atoms with Crippen LogP contribution in [0, 0.1) is 5.92 Å². The van der Waals surface area contributed by atoms with Crippen LogP contribution in [0.3, 0.4) is 0 Å². The van der Waals surface area contributed by atoms with E-state index in [2.05, 4.69) is 10.3 Å². The Bertz CT molecular complexity index is 369. The van der Waals surface area contributed by atoms with Gasteiger partial charge < -0.3 is 15.5 Å². The van der Waals surface area contributed by atoms with E-state index in [4.69, 9.17) is 10.2 Å². The van der Waals surface area contributed by atoms with Gasteiger partial charge in [-0.1, -0.05) is 0 Å². The molecular formula is C12H18N2O4. The maximum atomic E-state index is 11.0. The Labute approximate surface area is 105 Å². The maximum absolute atomic E-state index is 11.0. The Morgan fingerprint density at radius 1 is 1.11 bits per heavy atom. The van der Waals surface area contributed by atoms with E-state index in [-0.39, 0.29) is 12.0 Å². The minimum Gasteiger partial charge on any atom is -0.480 e. The van der Waals surface area contributed by atoms with Crippen LogP contribution in [-0.4, -0.2) is 46.5 Å². The highest BCUT2D eigenvalue weighted by atomic mass is 16.4. The molecule has 0 aromatic heterocycles. The zero-order valence-electron chi connectivity index (χ0n) is 10.1. The molecule has 6 nitrogen and oxygen atoms in total. The number of carboxylic acid groups (broad SMARTS) is 2. The zero-order chi connectivity index (χ0) is 13.1. The highest BCUT2D eigenvalue weighted by Gasteiger charge is 2.32. The third-order valence-corrected chi connectivity index (χ3v) is 3.75. The summed E-state index contributed by atoms with van der Waals surface area (Å²) in [4.78, 5) is 25.8. The molecule has 1 fully saturated rings. The van der Waals surface area contributed by atoms with Crippen LogP contribution in [-0.2, 0) is 9.59 Å². The molecule has 3 unspecified atom stereocenters. The SMILES string of the molecule is O=C(O)C1CCC(C2CCC[C@@H](C(=O)O)N2)C=N1. The minimum absolute atomic E-state index is 0.110. The van der Waals surface area contributed by atoms with Crippen molar-refractivity contribution < 1.29 is 19.8 Å². The molecule has 2 aliphatic heterocycles. The fourth-order valence-electron chi connectivity index (χ4n) is 2.71. The summed E-state index contributed by atoms with van der Waals surface area (Å²) < 4.78 is 0. The number of rotatable bonds is 3. The predicted octanol–water partition coefficient (Wildman–Crippen LogP) is 0.516. The molecule has 1 saturated heterocycles. The van der Waals surface area contributed by atoms with Crippen molar-refractivity contribution in [3.8, 4) is 0 Å². The van der Waals surface area contributed by atoms with Gasteiger partial charge in [0.15, 0.2) is 0 Å². The van der Waals surface area contributed by atoms with Crippen LogP contribution < -0.4 is 5.32 Å². The topological polar surface area (TPSA) is 99.0 Å². The van der Waals surface area contributed by atoms with Gasteiger partial charge in [0.05, 0.1) is 0 Å². The Hall–Kier alpha value is -1.43. The summed E-state index contributed by atoms with van der Waals surface area (Å²) in [6.45, 7) is 0. The van der Waals surface area contributed by atoms with Crippen LogP contribution in [0.1, 0.15) is 32.1 Å². The highest BCUT2D eigenvalue weighted by molar-refractivity contribution is 5.78. The minimum atomic E-state index is -0.885. The average Bonchev–Trinajstić information content (AvgIpc) is 2.39. The summed E-state index contributed by atoms with van der Waals surface area (Å²) in [6.07, 6.45) is 5.47. The molecule has 0 spiro atoms. The largest absolute Gasteiger partial charge is 0.480 e. The summed E-state index contributed by atoms with van der Waals surface area (Å²) in [5.41, 5.74) is 0. The summed E-state index contributed by atoms with van der Waals surface area (Å²) in [7, 11) is 0. The van der Waals surface area contributed by atoms with Crippen molar-refractivity contribution in [2.75, 3.05) is 0 Å². The van der Waals surface area contributed by atoms with Crippen LogP contribution in [0.15, 0.2) is 4.99 Å². The van der Waals surface area contributed by atoms with Gasteiger partial charge in [-0.25, -0.2) is 4.79 Å². The van der Waals surface area contributed by atoms with Crippen molar-refractivity contribution in [3.05, 3.63) is 0 Å². The smallest absolute Gasteiger partial charge is 0.328 e. The van der Waals surface area contributed by atoms with Gasteiger partial charge in [0, 0.05) is 18.2 Å². The van der Waals surface area contributed by atoms with E-state index in [1.165, 1.54) is 0 Å². The number of nitrogens with one attached hydrogen (secondary N) is 1. The molecule has 6 heteroatoms. The molecular weight excluding hydrogens is 236 g/mol. The quantitative estimate of drug-likeness (QED) is 0.681. The van der Waals surface area contributed by atoms with Crippen LogP contribution in [0.5, 0.6) is 0 Å². The van der Waals surface area contributed by atoms with Crippen molar-refractivity contribution >= 4 is 18.2 Å². The average molecular weight is 254 g/mol. The number of aliphatic carboxylic acids is 2. The van der Waals surface area contributed by atoms with Gasteiger partial charge in [-0.05, 0) is 32.1 Å². The van der Waals surface area contributed by atoms with E-state index in [1.54, 1.807) is 6.21 Å². The molecule has 0 radical (unpaired) electrons. The lowest BCUT2D eigenvalue weighted by Gasteiger charge is -2.34. The first-order chi connectivity index (χ1) is 8.58. The predicted molar refractivity (Wildman–Crippen MR) is 64.8 cm³/mol. The van der Waals surface area contributed by atoms with E-state index in [1.807, 2.05) is 0 Å². The number of hydrogen-bond acceptors (Lipinski definition) is 4. The number of hydrogen-bond donors (Lipinski definition) is 3. The Balaban J connectivity index is 1.94. The van der Waals surface area contributed by atoms with E-state index in [0.29, 0.717) is 12.8 Å². The fourth-order valence-corrected chi connectivity index (χ4v) is 2.71. The summed E-state index contributed by atoms with van der Waals surface area (Å²) in [6, 6.07) is -0.993. The maximum Gasteiger partial charge on any atom is 0.328 e. The first-order valence-corrected chi connectivity index (χ1v) is 6.33. The van der Waals surface area contributed by atoms with E-state index >= 15 is 0 Å². The number of carbonyl (C=O) groups is 2. The Kier molecular flexibility index (Phi) is 3.96. The van der Waals surface area contributed by atoms with E-state index in [0.717, 1.165) is 19.3 Å². The first kappa shape index (κ1) is 13.0. The molecule has 18 heavy (non-hydrogen) atoms. The standard InChI is InChI=1S/C12H18N2O4/c15-11(16)9-5-4-7(6-13-9)8-2-1-3-10(14-8)12(17)18/h6-10,14H,1-5H2,(H,15,16)(H,17,18)/t7?,8?,9?,10-/m0/s1. The third-order valence-electron chi connectivity index (χ3n) is 3.75. The van der Waals surface area contributed by atoms with Crippen LogP contribution in [0.2, 0.25) is 0 Å². The molecule has 0 saturated carbocycles. The first-order valence-electron chi connectivity index (χ1n) is 6.33. The van der Waals surface area contributed by atoms with Crippen LogP contribution >= 0.6 is 0 Å². The van der Waals surface area contributed by atoms with Gasteiger partial charge in [0.1, 0.15) is 12.1 Å². The molecule has 0 bridgehead atoms. The van der Waals surface area contributed by atoms with Crippen LogP contribution in [0.4, 0.5) is 0 Å². The molecule has 0 aromatic rings. The van der Waals surface area contributed by atoms with Gasteiger partial charge in [0.25, 0.3) is 0 Å². The number of nitrogens with zero attached hydrogens (tertiary/aromatic N) is 1. The lowest BCUT2D eigenvalue weighted by Crippen LogP contribution is -2.50. The van der Waals surface area contributed by atoms with Gasteiger partial charge >= 0.3 is 11.9 Å². The molecule has 2 aliphatic rings. The second-order valence-electron chi connectivity index (χ2n) is 4.99. The number of aliphatic imine (C=N–C) groups is 1. The molecule has 0 amide bonds. The zero-order valence-corrected chi connectivity index (χ0v) is 10.1. The molecule has 3 N–H and O–H groups in total. The lowest BCUT2D eigenvalue weighted by molar-refractivity contribution is -0.140. The molecule has 0 aromatic carbocycles. The van der Waals surface area contributed by atoms with Gasteiger partial charge in [0.2, 0.25) is 0 Å². The number of piperidine rings is 1. The Morgan fingerprint density at radius 2 is 1.89 bits per heavy atom. The van der Waals surface area contributed by atoms with Gasteiger partial charge in [-0.15, -0.1) is 0 Å². The number of carboxylic acids is 2. The van der Waals surface area contributed by atoms with Crippen molar-refractivity contribution in [3.63, 3.8) is 0 Å². The summed E-state index contributed by atoms with van der Waals surface area (Å²) >= 11 is 0. The Morgan fingerprint density at radius 3 is 2.44 bits per heavy atom. The van der Waals surface area contributed by atoms with Crippen molar-refractivity contribution in [1.29, 1.82) is 0 Å². The normalized spacial score (nSPS) is 36.2. The molecule has 0 aliphatic carbocycles. The van der Waals surface area contributed by atoms with E-state index in [9.17, 15) is 9.59 Å². The van der Waals surface area contributed by atoms with Crippen molar-refractivity contribution in [2.45, 2.75) is 50.2 Å². The third kappa shape index (κ3) is 2.87. The van der Waals surface area contributed by atoms with Crippen LogP contribution in [0.25, 0.3) is 0 Å². The van der Waals surface area contributed by atoms with Gasteiger partial charge in [-0.2, -0.15) is 0 Å². The molecule has 2 rings (SSSR count). The second-order valence-corrected chi connectivity index (χ2v) is 4.99. The summed E-state index contributed by atoms with van der Waals surface area (Å²) in [5, 5.41) is 21.0. The van der Waals surface area contributed by atoms with Crippen molar-refractivity contribution in [1.82, 2.24) is 5.32 Å². The van der Waals surface area contributed by atoms with Crippen molar-refractivity contribution in [2.24, 2.45) is 10.9 Å². The molecule has 2 heterocycles. The lowest BCUT2D eigenvalue weighted by atomic mass is 9.85. The highest BCUT2D eigenvalue weighted by Crippen LogP contribution is 2.25.